The first-order chi connectivity index (χ1) is 31.8. The van der Waals surface area contributed by atoms with Gasteiger partial charge >= 0.3 is 0 Å². The molecule has 2 heterocycles. The van der Waals surface area contributed by atoms with E-state index in [0.717, 1.165) is 88.4 Å². The first-order valence-corrected chi connectivity index (χ1v) is 23.0. The van der Waals surface area contributed by atoms with Crippen LogP contribution in [-0.4, -0.2) is 32.6 Å². The molecule has 0 unspecified atom stereocenters. The first-order valence-electron chi connectivity index (χ1n) is 23.0. The molecule has 330 valence electrons. The maximum atomic E-state index is 12.4. The molecule has 10 rings (SSSR count). The molecule has 0 atom stereocenters. The van der Waals surface area contributed by atoms with Gasteiger partial charge in [0.1, 0.15) is 23.0 Å². The number of fused-ring (bicyclic) bond motifs is 6. The van der Waals surface area contributed by atoms with Gasteiger partial charge in [-0.3, -0.25) is 0 Å². The first kappa shape index (κ1) is 42.5. The Morgan fingerprint density at radius 3 is 1.23 bits per heavy atom. The zero-order chi connectivity index (χ0) is 45.9. The summed E-state index contributed by atoms with van der Waals surface area (Å²) in [5.74, 6) is 1.77. The van der Waals surface area contributed by atoms with Crippen molar-refractivity contribution in [3.8, 4) is 56.6 Å². The average molecular weight is 869 g/mol. The Balaban J connectivity index is 0.955. The van der Waals surface area contributed by atoms with Crippen molar-refractivity contribution in [2.24, 2.45) is 0 Å². The van der Waals surface area contributed by atoms with Crippen molar-refractivity contribution in [3.05, 3.63) is 180 Å². The standard InChI is InChI=1S/C60H56N2O4/c1-38-29-30-56(46(33-38)48-35-40(60(5,6)7)37-54(58(48)64)62-51-26-15-10-21-43(51)44-22-11-16-27-52(44)62)66-32-18-31-65-55-28-17-12-23-45(55)47-34-39(59(2,3)4)36-53(57(47)63)61-49-24-13-8-19-41(49)42-20-9-14-25-50(42)61/h8-17,19-30,33-37,63-64H,18,31-32H2,1-7H3. The Morgan fingerprint density at radius 1 is 0.409 bits per heavy atom. The summed E-state index contributed by atoms with van der Waals surface area (Å²) in [6.07, 6.45) is 0.600. The highest BCUT2D eigenvalue weighted by Gasteiger charge is 2.26. The number of para-hydroxylation sites is 5. The number of nitrogens with zero attached hydrogens (tertiary/aromatic N) is 2. The zero-order valence-electron chi connectivity index (χ0n) is 38.8. The highest BCUT2D eigenvalue weighted by molar-refractivity contribution is 6.10. The fraction of sp³-hybridized carbons (Fsp3) is 0.200. The quantitative estimate of drug-likeness (QED) is 0.134. The third kappa shape index (κ3) is 7.50. The van der Waals surface area contributed by atoms with Crippen LogP contribution in [0.4, 0.5) is 0 Å². The summed E-state index contributed by atoms with van der Waals surface area (Å²) in [6.45, 7) is 16.1. The second kappa shape index (κ2) is 16.5. The van der Waals surface area contributed by atoms with E-state index in [2.05, 4.69) is 179 Å². The van der Waals surface area contributed by atoms with Gasteiger partial charge in [0, 0.05) is 50.2 Å². The fourth-order valence-corrected chi connectivity index (χ4v) is 9.44. The molecule has 0 fully saturated rings. The molecule has 6 nitrogen and oxygen atoms in total. The third-order valence-electron chi connectivity index (χ3n) is 13.0. The lowest BCUT2D eigenvalue weighted by Gasteiger charge is -2.24. The van der Waals surface area contributed by atoms with E-state index in [1.54, 1.807) is 0 Å². The smallest absolute Gasteiger partial charge is 0.147 e. The molecule has 8 aromatic carbocycles. The molecule has 6 heteroatoms. The molecule has 0 radical (unpaired) electrons. The van der Waals surface area contributed by atoms with Crippen LogP contribution in [0.1, 0.15) is 64.7 Å². The Labute approximate surface area is 386 Å². The molecule has 2 N–H and O–H groups in total. The number of rotatable bonds is 10. The average Bonchev–Trinajstić information content (AvgIpc) is 3.82. The van der Waals surface area contributed by atoms with Crippen molar-refractivity contribution < 1.29 is 19.7 Å². The molecule has 0 saturated carbocycles. The summed E-state index contributed by atoms with van der Waals surface area (Å²) in [5.41, 5.74) is 11.6. The minimum absolute atomic E-state index is 0.195. The lowest BCUT2D eigenvalue weighted by atomic mass is 9.84. The van der Waals surface area contributed by atoms with Gasteiger partial charge in [0.2, 0.25) is 0 Å². The number of aryl methyl sites for hydroxylation is 1. The molecule has 66 heavy (non-hydrogen) atoms. The largest absolute Gasteiger partial charge is 0.505 e. The van der Waals surface area contributed by atoms with E-state index in [1.165, 1.54) is 0 Å². The second-order valence-electron chi connectivity index (χ2n) is 19.6. The van der Waals surface area contributed by atoms with Crippen LogP contribution in [0.25, 0.3) is 77.2 Å². The highest BCUT2D eigenvalue weighted by atomic mass is 16.5. The van der Waals surface area contributed by atoms with Crippen molar-refractivity contribution in [2.45, 2.75) is 65.7 Å². The monoisotopic (exact) mass is 868 g/mol. The second-order valence-corrected chi connectivity index (χ2v) is 19.6. The van der Waals surface area contributed by atoms with Gasteiger partial charge in [-0.1, -0.05) is 144 Å². The Bertz CT molecular complexity index is 3360. The maximum Gasteiger partial charge on any atom is 0.147 e. The highest BCUT2D eigenvalue weighted by Crippen LogP contribution is 2.47. The van der Waals surface area contributed by atoms with Crippen LogP contribution < -0.4 is 9.47 Å². The summed E-state index contributed by atoms with van der Waals surface area (Å²) < 4.78 is 17.6. The lowest BCUT2D eigenvalue weighted by molar-refractivity contribution is 0.248. The van der Waals surface area contributed by atoms with Gasteiger partial charge in [-0.15, -0.1) is 0 Å². The zero-order valence-corrected chi connectivity index (χ0v) is 38.8. The van der Waals surface area contributed by atoms with Gasteiger partial charge < -0.3 is 28.8 Å². The van der Waals surface area contributed by atoms with Crippen LogP contribution >= 0.6 is 0 Å². The predicted molar refractivity (Wildman–Crippen MR) is 274 cm³/mol. The molecular weight excluding hydrogens is 813 g/mol. The molecule has 0 amide bonds. The van der Waals surface area contributed by atoms with Crippen molar-refractivity contribution in [1.82, 2.24) is 9.13 Å². The molecule has 0 bridgehead atoms. The SMILES string of the molecule is Cc1ccc(OCCCOc2ccccc2-c2cc(C(C)(C)C)cc(-n3c4ccccc4c4ccccc43)c2O)c(-c2cc(C(C)(C)C)cc(-n3c4ccccc4c4ccccc43)c2O)c1. The lowest BCUT2D eigenvalue weighted by Crippen LogP contribution is -2.13. The fourth-order valence-electron chi connectivity index (χ4n) is 9.44. The molecule has 0 saturated heterocycles. The molecule has 0 aliphatic carbocycles. The molecule has 0 aliphatic rings. The van der Waals surface area contributed by atoms with Gasteiger partial charge in [-0.2, -0.15) is 0 Å². The summed E-state index contributed by atoms with van der Waals surface area (Å²) >= 11 is 0. The van der Waals surface area contributed by atoms with E-state index in [9.17, 15) is 10.2 Å². The van der Waals surface area contributed by atoms with E-state index in [1.807, 2.05) is 42.5 Å². The number of ether oxygens (including phenoxy) is 2. The normalized spacial score (nSPS) is 12.2. The topological polar surface area (TPSA) is 68.8 Å². The van der Waals surface area contributed by atoms with E-state index in [0.29, 0.717) is 36.7 Å². The third-order valence-corrected chi connectivity index (χ3v) is 13.0. The molecule has 0 spiro atoms. The summed E-state index contributed by atoms with van der Waals surface area (Å²) in [7, 11) is 0. The number of benzene rings is 8. The molecule has 0 aliphatic heterocycles. The van der Waals surface area contributed by atoms with Crippen molar-refractivity contribution in [3.63, 3.8) is 0 Å². The number of aromatic nitrogens is 2. The van der Waals surface area contributed by atoms with Crippen LogP contribution in [0.2, 0.25) is 0 Å². The number of phenols is 2. The van der Waals surface area contributed by atoms with Crippen LogP contribution in [0.15, 0.2) is 164 Å². The van der Waals surface area contributed by atoms with Crippen molar-refractivity contribution in [2.75, 3.05) is 13.2 Å². The Morgan fingerprint density at radius 2 is 0.788 bits per heavy atom. The van der Waals surface area contributed by atoms with Crippen molar-refractivity contribution >= 4 is 43.6 Å². The van der Waals surface area contributed by atoms with Crippen LogP contribution in [-0.2, 0) is 10.8 Å². The predicted octanol–water partition coefficient (Wildman–Crippen LogP) is 15.4. The number of phenolic OH excluding ortho intramolecular Hbond substituents is 2. The summed E-state index contributed by atoms with van der Waals surface area (Å²) in [5, 5.41) is 29.3. The molecule has 10 aromatic rings. The van der Waals surface area contributed by atoms with Gasteiger partial charge in [0.05, 0.1) is 46.7 Å². The minimum atomic E-state index is -0.202. The summed E-state index contributed by atoms with van der Waals surface area (Å²) in [6, 6.07) is 56.1. The van der Waals surface area contributed by atoms with Gasteiger partial charge in [-0.05, 0) is 95.6 Å². The van der Waals surface area contributed by atoms with Crippen LogP contribution in [0, 0.1) is 6.92 Å². The van der Waals surface area contributed by atoms with E-state index >= 15 is 0 Å². The van der Waals surface area contributed by atoms with Gasteiger partial charge in [0.25, 0.3) is 0 Å². The molecular formula is C60H56N2O4. The number of aromatic hydroxyl groups is 2. The summed E-state index contributed by atoms with van der Waals surface area (Å²) in [4.78, 5) is 0. The Hall–Kier alpha value is -7.44. The Kier molecular flexibility index (Phi) is 10.6. The van der Waals surface area contributed by atoms with Gasteiger partial charge in [-0.25, -0.2) is 0 Å². The van der Waals surface area contributed by atoms with Crippen LogP contribution in [0.3, 0.4) is 0 Å². The molecule has 2 aromatic heterocycles. The van der Waals surface area contributed by atoms with E-state index < -0.39 is 0 Å². The van der Waals surface area contributed by atoms with Crippen molar-refractivity contribution in [1.29, 1.82) is 0 Å². The van der Waals surface area contributed by atoms with Crippen LogP contribution in [0.5, 0.6) is 23.0 Å². The van der Waals surface area contributed by atoms with Gasteiger partial charge in [0.15, 0.2) is 0 Å². The van der Waals surface area contributed by atoms with E-state index in [-0.39, 0.29) is 22.3 Å². The minimum Gasteiger partial charge on any atom is -0.505 e. The number of hydrogen-bond donors (Lipinski definition) is 2. The number of hydrogen-bond acceptors (Lipinski definition) is 4. The van der Waals surface area contributed by atoms with E-state index in [4.69, 9.17) is 9.47 Å². The maximum absolute atomic E-state index is 12.4.